The fourth-order valence-corrected chi connectivity index (χ4v) is 3.67. The minimum absolute atomic E-state index is 0.252. The van der Waals surface area contributed by atoms with Crippen LogP contribution in [0.2, 0.25) is 0 Å². The molecule has 0 aliphatic heterocycles. The molecule has 29 heavy (non-hydrogen) atoms. The average molecular weight is 408 g/mol. The summed E-state index contributed by atoms with van der Waals surface area (Å²) >= 11 is 1.31. The topological polar surface area (TPSA) is 64.4 Å². The van der Waals surface area contributed by atoms with E-state index in [1.54, 1.807) is 37.6 Å². The van der Waals surface area contributed by atoms with E-state index in [9.17, 15) is 9.18 Å². The predicted molar refractivity (Wildman–Crippen MR) is 112 cm³/mol. The zero-order valence-electron chi connectivity index (χ0n) is 15.5. The summed E-state index contributed by atoms with van der Waals surface area (Å²) in [5.41, 5.74) is 1.30. The van der Waals surface area contributed by atoms with Gasteiger partial charge in [0.25, 0.3) is 0 Å². The number of benzene rings is 2. The van der Waals surface area contributed by atoms with Crippen molar-refractivity contribution in [2.24, 2.45) is 0 Å². The minimum Gasteiger partial charge on any atom is -0.497 e. The summed E-state index contributed by atoms with van der Waals surface area (Å²) in [5.74, 6) is 0.719. The number of rotatable bonds is 6. The van der Waals surface area contributed by atoms with Crippen molar-refractivity contribution in [3.8, 4) is 5.75 Å². The van der Waals surface area contributed by atoms with Gasteiger partial charge in [0.1, 0.15) is 22.9 Å². The van der Waals surface area contributed by atoms with E-state index in [4.69, 9.17) is 9.15 Å². The summed E-state index contributed by atoms with van der Waals surface area (Å²) in [4.78, 5) is 17.2. The van der Waals surface area contributed by atoms with Crippen LogP contribution in [0.1, 0.15) is 16.2 Å². The van der Waals surface area contributed by atoms with Crippen molar-refractivity contribution in [2.45, 2.75) is 6.42 Å². The molecule has 0 saturated carbocycles. The van der Waals surface area contributed by atoms with Crippen LogP contribution in [0.4, 0.5) is 9.52 Å². The van der Waals surface area contributed by atoms with Crippen molar-refractivity contribution in [3.63, 3.8) is 0 Å². The van der Waals surface area contributed by atoms with Crippen LogP contribution >= 0.6 is 11.3 Å². The van der Waals surface area contributed by atoms with Crippen molar-refractivity contribution >= 4 is 39.4 Å². The normalized spacial score (nSPS) is 11.2. The molecule has 0 radical (unpaired) electrons. The Morgan fingerprint density at radius 3 is 2.97 bits per heavy atom. The van der Waals surface area contributed by atoms with Gasteiger partial charge >= 0.3 is 0 Å². The molecule has 2 aromatic carbocycles. The second kappa shape index (κ2) is 8.28. The molecule has 0 aliphatic carbocycles. The number of halogens is 1. The predicted octanol–water partition coefficient (Wildman–Crippen LogP) is 5.28. The number of nitrogens with one attached hydrogen (secondary N) is 1. The van der Waals surface area contributed by atoms with E-state index in [1.807, 2.05) is 24.3 Å². The highest BCUT2D eigenvalue weighted by Gasteiger charge is 2.08. The van der Waals surface area contributed by atoms with Gasteiger partial charge in [0.15, 0.2) is 5.13 Å². The number of carbonyl (C=O) groups excluding carboxylic acids is 1. The van der Waals surface area contributed by atoms with Gasteiger partial charge in [0.05, 0.1) is 7.11 Å². The monoisotopic (exact) mass is 408 g/mol. The third kappa shape index (κ3) is 4.52. The minimum atomic E-state index is -0.324. The molecule has 0 atom stereocenters. The Bertz CT molecular complexity index is 1200. The summed E-state index contributed by atoms with van der Waals surface area (Å²) in [5, 5.41) is 4.06. The van der Waals surface area contributed by atoms with Gasteiger partial charge < -0.3 is 9.15 Å². The number of hydrogen-bond donors (Lipinski definition) is 1. The Kier molecular flexibility index (Phi) is 5.39. The van der Waals surface area contributed by atoms with Crippen LogP contribution in [0, 0.1) is 5.82 Å². The second-order valence-electron chi connectivity index (χ2n) is 6.28. The van der Waals surface area contributed by atoms with E-state index in [-0.39, 0.29) is 11.7 Å². The number of anilines is 1. The first-order valence-corrected chi connectivity index (χ1v) is 9.67. The fraction of sp³-hybridized carbons (Fsp3) is 0.0909. The Hall–Kier alpha value is -3.45. The van der Waals surface area contributed by atoms with Crippen molar-refractivity contribution in [1.29, 1.82) is 0 Å². The molecule has 0 fully saturated rings. The molecule has 146 valence electrons. The average Bonchev–Trinajstić information content (AvgIpc) is 3.33. The summed E-state index contributed by atoms with van der Waals surface area (Å²) in [6.45, 7) is 0. The lowest BCUT2D eigenvalue weighted by Gasteiger charge is -1.99. The highest BCUT2D eigenvalue weighted by atomic mass is 32.1. The Morgan fingerprint density at radius 1 is 1.28 bits per heavy atom. The molecule has 1 N–H and O–H groups in total. The number of aromatic nitrogens is 1. The largest absolute Gasteiger partial charge is 0.497 e. The molecular formula is C22H17FN2O3S. The molecule has 4 rings (SSSR count). The summed E-state index contributed by atoms with van der Waals surface area (Å²) in [6, 6.07) is 13.9. The lowest BCUT2D eigenvalue weighted by atomic mass is 10.1. The van der Waals surface area contributed by atoms with Crippen molar-refractivity contribution in [3.05, 3.63) is 82.8 Å². The van der Waals surface area contributed by atoms with Gasteiger partial charge in [-0.1, -0.05) is 18.2 Å². The molecule has 2 heterocycles. The van der Waals surface area contributed by atoms with Crippen LogP contribution in [-0.2, 0) is 11.2 Å². The number of hydrogen-bond acceptors (Lipinski definition) is 5. The zero-order valence-corrected chi connectivity index (χ0v) is 16.3. The lowest BCUT2D eigenvalue weighted by Crippen LogP contribution is -2.06. The first-order valence-electron chi connectivity index (χ1n) is 8.85. The maximum atomic E-state index is 13.8. The van der Waals surface area contributed by atoms with E-state index in [2.05, 4.69) is 10.3 Å². The molecule has 1 amide bonds. The van der Waals surface area contributed by atoms with Gasteiger partial charge in [-0.05, 0) is 42.0 Å². The van der Waals surface area contributed by atoms with Crippen molar-refractivity contribution < 1.29 is 18.3 Å². The van der Waals surface area contributed by atoms with Crippen LogP contribution in [0.5, 0.6) is 5.75 Å². The number of thiazole rings is 1. The molecule has 4 aromatic rings. The van der Waals surface area contributed by atoms with Gasteiger partial charge in [-0.25, -0.2) is 9.37 Å². The quantitative estimate of drug-likeness (QED) is 0.441. The Morgan fingerprint density at radius 2 is 2.14 bits per heavy atom. The molecule has 0 aliphatic rings. The maximum absolute atomic E-state index is 13.8. The van der Waals surface area contributed by atoms with Gasteiger partial charge in [-0.15, -0.1) is 11.3 Å². The Balaban J connectivity index is 1.39. The van der Waals surface area contributed by atoms with Crippen LogP contribution in [-0.4, -0.2) is 18.0 Å². The molecule has 2 aromatic heterocycles. The highest BCUT2D eigenvalue weighted by molar-refractivity contribution is 7.15. The lowest BCUT2D eigenvalue weighted by molar-refractivity contribution is -0.111. The molecule has 0 saturated heterocycles. The van der Waals surface area contributed by atoms with Crippen LogP contribution < -0.4 is 10.1 Å². The van der Waals surface area contributed by atoms with Crippen LogP contribution in [0.25, 0.3) is 17.0 Å². The smallest absolute Gasteiger partial charge is 0.250 e. The van der Waals surface area contributed by atoms with Gasteiger partial charge in [-0.3, -0.25) is 10.1 Å². The molecule has 0 spiro atoms. The molecule has 5 nitrogen and oxygen atoms in total. The number of amides is 1. The van der Waals surface area contributed by atoms with Gasteiger partial charge in [0.2, 0.25) is 5.91 Å². The van der Waals surface area contributed by atoms with E-state index in [1.165, 1.54) is 23.5 Å². The first-order chi connectivity index (χ1) is 14.1. The number of ether oxygens (including phenoxy) is 1. The zero-order chi connectivity index (χ0) is 20.2. The molecule has 7 heteroatoms. The summed E-state index contributed by atoms with van der Waals surface area (Å²) in [7, 11) is 1.60. The van der Waals surface area contributed by atoms with Crippen molar-refractivity contribution in [1.82, 2.24) is 4.98 Å². The fourth-order valence-electron chi connectivity index (χ4n) is 2.83. The van der Waals surface area contributed by atoms with E-state index >= 15 is 0 Å². The maximum Gasteiger partial charge on any atom is 0.250 e. The Labute approximate surface area is 170 Å². The van der Waals surface area contributed by atoms with E-state index in [0.717, 1.165) is 16.0 Å². The van der Waals surface area contributed by atoms with Crippen molar-refractivity contribution in [2.75, 3.05) is 12.4 Å². The molecular weight excluding hydrogens is 391 g/mol. The SMILES string of the molecule is COc1ccc2oc(/C=C/C(=O)Nc3ncc(Cc4ccccc4F)s3)cc2c1. The van der Waals surface area contributed by atoms with E-state index in [0.29, 0.717) is 28.5 Å². The van der Waals surface area contributed by atoms with Crippen LogP contribution in [0.15, 0.2) is 65.2 Å². The van der Waals surface area contributed by atoms with E-state index < -0.39 is 0 Å². The van der Waals surface area contributed by atoms with Gasteiger partial charge in [0, 0.05) is 29.0 Å². The summed E-state index contributed by atoms with van der Waals surface area (Å²) < 4.78 is 24.6. The first kappa shape index (κ1) is 18.9. The third-order valence-electron chi connectivity index (χ3n) is 4.25. The summed E-state index contributed by atoms with van der Waals surface area (Å²) in [6.07, 6.45) is 5.05. The number of methoxy groups -OCH3 is 1. The van der Waals surface area contributed by atoms with Crippen LogP contribution in [0.3, 0.4) is 0 Å². The van der Waals surface area contributed by atoms with Gasteiger partial charge in [-0.2, -0.15) is 0 Å². The standard InChI is InChI=1S/C22H17FN2O3S/c1-27-16-6-8-20-15(10-16)11-17(28-20)7-9-21(26)25-22-24-13-18(29-22)12-14-4-2-3-5-19(14)23/h2-11,13H,12H2,1H3,(H,24,25,26)/b9-7+. The second-order valence-corrected chi connectivity index (χ2v) is 7.39. The number of carbonyl (C=O) groups is 1. The number of nitrogens with zero attached hydrogens (tertiary/aromatic N) is 1. The number of fused-ring (bicyclic) bond motifs is 1. The molecule has 0 unspecified atom stereocenters. The highest BCUT2D eigenvalue weighted by Crippen LogP contribution is 2.25. The molecule has 0 bridgehead atoms. The number of furan rings is 1. The third-order valence-corrected chi connectivity index (χ3v) is 5.16.